The molecule has 0 aromatic rings. The van der Waals surface area contributed by atoms with Gasteiger partial charge in [0.1, 0.15) is 11.1 Å². The van der Waals surface area contributed by atoms with Crippen molar-refractivity contribution in [3.63, 3.8) is 0 Å². The third-order valence-electron chi connectivity index (χ3n) is 6.08. The minimum atomic E-state index is -1.10. The van der Waals surface area contributed by atoms with Crippen LogP contribution >= 0.6 is 0 Å². The van der Waals surface area contributed by atoms with E-state index in [1.165, 1.54) is 0 Å². The normalized spacial score (nSPS) is 28.5. The zero-order valence-corrected chi connectivity index (χ0v) is 22.4. The zero-order chi connectivity index (χ0) is 25.0. The first-order valence-corrected chi connectivity index (χ1v) is 15.4. The lowest BCUT2D eigenvalue weighted by atomic mass is 10.1. The number of nitrogens with one attached hydrogen (secondary N) is 2. The predicted octanol–water partition coefficient (Wildman–Crippen LogP) is 5.00. The van der Waals surface area contributed by atoms with Crippen LogP contribution in [0.25, 0.3) is 0 Å². The van der Waals surface area contributed by atoms with Crippen molar-refractivity contribution < 1.29 is 29.0 Å². The molecule has 4 atom stereocenters. The fraction of sp³-hybridized carbons (Fsp3) is 0.870. The summed E-state index contributed by atoms with van der Waals surface area (Å²) in [6, 6.07) is 1.04. The summed E-state index contributed by atoms with van der Waals surface area (Å²) in [5.74, 6) is -0.334. The average molecular weight is 473 g/mol. The molecule has 0 spiro atoms. The Balaban J connectivity index is 0.000000320. The molecule has 4 unspecified atom stereocenters. The van der Waals surface area contributed by atoms with E-state index in [2.05, 4.69) is 44.1 Å². The number of ether oxygens (including phenoxy) is 2. The maximum absolute atomic E-state index is 11.5. The largest absolute Gasteiger partial charge is 0.479 e. The minimum Gasteiger partial charge on any atom is -0.479 e. The minimum absolute atomic E-state index is 0.00495. The highest BCUT2D eigenvalue weighted by Gasteiger charge is 2.61. The van der Waals surface area contributed by atoms with Gasteiger partial charge in [-0.15, -0.1) is 0 Å². The Morgan fingerprint density at radius 2 is 1.56 bits per heavy atom. The number of carboxylic acid groups (broad SMARTS) is 1. The van der Waals surface area contributed by atoms with Gasteiger partial charge in [-0.3, -0.25) is 0 Å². The highest BCUT2D eigenvalue weighted by molar-refractivity contribution is 6.76. The Morgan fingerprint density at radius 3 is 1.94 bits per heavy atom. The summed E-state index contributed by atoms with van der Waals surface area (Å²) in [6.45, 7) is 18.8. The first-order valence-electron chi connectivity index (χ1n) is 11.7. The van der Waals surface area contributed by atoms with E-state index in [4.69, 9.17) is 14.6 Å². The molecule has 2 rings (SSSR count). The number of carbonyl (C=O) groups is 3. The van der Waals surface area contributed by atoms with Gasteiger partial charge in [-0.05, 0) is 58.4 Å². The Hall–Kier alpha value is -1.77. The van der Waals surface area contributed by atoms with Gasteiger partial charge in [0.2, 0.25) is 0 Å². The molecule has 0 aromatic carbocycles. The monoisotopic (exact) mass is 472 g/mol. The standard InChI is InChI=1S/C12H25NO2Si.C11H19NO4/c1-6-10-9-12(10,2)13-11(14)15-7-8-16(3,4)5;1-5-7-6-11(7,8(13)14)12-9(15)16-10(2,3)4/h10H,6-9H2,1-5H3,(H,13,14);7H,5-6H2,1-4H3,(H,12,15)(H,13,14). The molecule has 0 radical (unpaired) electrons. The van der Waals surface area contributed by atoms with Gasteiger partial charge in [-0.2, -0.15) is 0 Å². The molecule has 0 heterocycles. The van der Waals surface area contributed by atoms with E-state index < -0.39 is 31.3 Å². The summed E-state index contributed by atoms with van der Waals surface area (Å²) in [6.07, 6.45) is 2.54. The van der Waals surface area contributed by atoms with Crippen molar-refractivity contribution in [3.05, 3.63) is 0 Å². The number of amides is 2. The molecule has 0 bridgehead atoms. The first-order chi connectivity index (χ1) is 14.5. The number of hydrogen-bond donors (Lipinski definition) is 3. The molecule has 9 heteroatoms. The van der Waals surface area contributed by atoms with Crippen LogP contribution in [0.5, 0.6) is 0 Å². The van der Waals surface area contributed by atoms with Crippen molar-refractivity contribution in [2.75, 3.05) is 6.61 Å². The Bertz CT molecular complexity index is 687. The summed E-state index contributed by atoms with van der Waals surface area (Å²) in [5.41, 5.74) is -1.71. The van der Waals surface area contributed by atoms with Crippen LogP contribution in [0, 0.1) is 11.8 Å². The summed E-state index contributed by atoms with van der Waals surface area (Å²) in [5, 5.41) is 14.5. The predicted molar refractivity (Wildman–Crippen MR) is 128 cm³/mol. The quantitative estimate of drug-likeness (QED) is 0.428. The molecular formula is C23H44N2O6Si. The highest BCUT2D eigenvalue weighted by Crippen LogP contribution is 2.46. The van der Waals surface area contributed by atoms with Crippen LogP contribution in [0.15, 0.2) is 0 Å². The van der Waals surface area contributed by atoms with E-state index in [0.29, 0.717) is 18.9 Å². The van der Waals surface area contributed by atoms with Gasteiger partial charge in [0.05, 0.1) is 6.61 Å². The van der Waals surface area contributed by atoms with Crippen molar-refractivity contribution in [2.24, 2.45) is 11.8 Å². The summed E-state index contributed by atoms with van der Waals surface area (Å²) >= 11 is 0. The lowest BCUT2D eigenvalue weighted by Crippen LogP contribution is -2.46. The van der Waals surface area contributed by atoms with Crippen LogP contribution in [0.2, 0.25) is 25.7 Å². The fourth-order valence-electron chi connectivity index (χ4n) is 3.70. The molecule has 0 saturated heterocycles. The fourth-order valence-corrected chi connectivity index (χ4v) is 4.41. The van der Waals surface area contributed by atoms with Crippen LogP contribution in [0.4, 0.5) is 9.59 Å². The first kappa shape index (κ1) is 28.3. The number of carbonyl (C=O) groups excluding carboxylic acids is 2. The maximum Gasteiger partial charge on any atom is 0.408 e. The molecular weight excluding hydrogens is 428 g/mol. The van der Waals surface area contributed by atoms with Crippen molar-refractivity contribution in [1.82, 2.24) is 10.6 Å². The molecule has 32 heavy (non-hydrogen) atoms. The molecule has 2 aliphatic carbocycles. The van der Waals surface area contributed by atoms with Crippen LogP contribution in [-0.2, 0) is 14.3 Å². The Kier molecular flexibility index (Phi) is 9.22. The van der Waals surface area contributed by atoms with Gasteiger partial charge in [0, 0.05) is 13.6 Å². The van der Waals surface area contributed by atoms with Crippen LogP contribution in [0.3, 0.4) is 0 Å². The number of alkyl carbamates (subject to hydrolysis) is 2. The van der Waals surface area contributed by atoms with Gasteiger partial charge in [0.25, 0.3) is 0 Å². The molecule has 8 nitrogen and oxygen atoms in total. The van der Waals surface area contributed by atoms with Crippen LogP contribution in [0.1, 0.15) is 67.2 Å². The Labute approximate surface area is 194 Å². The van der Waals surface area contributed by atoms with Crippen molar-refractivity contribution >= 4 is 26.2 Å². The molecule has 0 aliphatic heterocycles. The second-order valence-corrected chi connectivity index (χ2v) is 17.1. The van der Waals surface area contributed by atoms with Crippen LogP contribution in [-0.4, -0.2) is 54.6 Å². The van der Waals surface area contributed by atoms with Gasteiger partial charge in [0.15, 0.2) is 0 Å². The van der Waals surface area contributed by atoms with Gasteiger partial charge in [-0.1, -0.05) is 46.3 Å². The van der Waals surface area contributed by atoms with E-state index >= 15 is 0 Å². The van der Waals surface area contributed by atoms with E-state index in [9.17, 15) is 14.4 Å². The Morgan fingerprint density at radius 1 is 1.00 bits per heavy atom. The summed E-state index contributed by atoms with van der Waals surface area (Å²) < 4.78 is 10.3. The molecule has 2 fully saturated rings. The number of aliphatic carboxylic acids is 1. The summed E-state index contributed by atoms with van der Waals surface area (Å²) in [7, 11) is -1.09. The number of rotatable bonds is 8. The molecule has 186 valence electrons. The zero-order valence-electron chi connectivity index (χ0n) is 21.4. The molecule has 2 saturated carbocycles. The lowest BCUT2D eigenvalue weighted by molar-refractivity contribution is -0.141. The van der Waals surface area contributed by atoms with E-state index in [0.717, 1.165) is 25.3 Å². The van der Waals surface area contributed by atoms with Crippen LogP contribution < -0.4 is 10.6 Å². The molecule has 2 aliphatic rings. The van der Waals surface area contributed by atoms with Crippen molar-refractivity contribution in [2.45, 2.75) is 110 Å². The SMILES string of the molecule is CCC1CC1(C)NC(=O)OCC[Si](C)(C)C.CCC1CC1(NC(=O)OC(C)(C)C)C(=O)O. The average Bonchev–Trinajstić information content (AvgIpc) is 3.47. The number of carboxylic acids is 1. The van der Waals surface area contributed by atoms with Gasteiger partial charge >= 0.3 is 18.2 Å². The smallest absolute Gasteiger partial charge is 0.408 e. The van der Waals surface area contributed by atoms with Crippen molar-refractivity contribution in [1.29, 1.82) is 0 Å². The van der Waals surface area contributed by atoms with E-state index in [1.807, 2.05) is 6.92 Å². The second kappa shape index (κ2) is 10.4. The van der Waals surface area contributed by atoms with Gasteiger partial charge < -0.3 is 25.2 Å². The van der Waals surface area contributed by atoms with E-state index in [1.54, 1.807) is 20.8 Å². The second-order valence-electron chi connectivity index (χ2n) is 11.5. The summed E-state index contributed by atoms with van der Waals surface area (Å²) in [4.78, 5) is 34.1. The van der Waals surface area contributed by atoms with E-state index in [-0.39, 0.29) is 17.6 Å². The molecule has 2 amide bonds. The maximum atomic E-state index is 11.5. The highest BCUT2D eigenvalue weighted by atomic mass is 28.3. The topological polar surface area (TPSA) is 114 Å². The third-order valence-corrected chi connectivity index (χ3v) is 7.78. The van der Waals surface area contributed by atoms with Crippen molar-refractivity contribution in [3.8, 4) is 0 Å². The van der Waals surface area contributed by atoms with Gasteiger partial charge in [-0.25, -0.2) is 14.4 Å². The molecule has 0 aromatic heterocycles. The lowest BCUT2D eigenvalue weighted by Gasteiger charge is -2.22. The molecule has 3 N–H and O–H groups in total. The number of hydrogen-bond acceptors (Lipinski definition) is 5. The third kappa shape index (κ3) is 9.00.